The lowest BCUT2D eigenvalue weighted by molar-refractivity contribution is 0.954. The Morgan fingerprint density at radius 1 is 0.400 bits per heavy atom. The molecule has 5 nitrogen and oxygen atoms in total. The van der Waals surface area contributed by atoms with Crippen LogP contribution in [0.2, 0.25) is 0 Å². The van der Waals surface area contributed by atoms with E-state index in [1.165, 1.54) is 36.3 Å². The Morgan fingerprint density at radius 3 is 1.82 bits per heavy atom. The Labute approximate surface area is 319 Å². The van der Waals surface area contributed by atoms with Gasteiger partial charge in [-0.05, 0) is 53.2 Å². The quantitative estimate of drug-likeness (QED) is 0.182. The SMILES string of the molecule is c1ccc(-n2c3ccccc3c3ccc4c5ccccc5n(-c5nc(-c6ccc7ccccc7c6)nc(-c6cccc7c6sc6ccccc67)n5)c4c32)cc1. The second-order valence-electron chi connectivity index (χ2n) is 14.0. The average Bonchev–Trinajstić information content (AvgIpc) is 3.91. The van der Waals surface area contributed by atoms with Gasteiger partial charge < -0.3 is 4.57 Å². The number of thiophene rings is 1. The Hall–Kier alpha value is -7.15. The standard InChI is InChI=1S/C49H29N5S/c1-2-15-33(16-3-1)53-41-22-9-6-17-34(41)37-27-28-38-35-18-7-10-23-42(35)54(45(38)44(37)53)49-51-47(32-26-25-30-13-4-5-14-31(30)29-32)50-48(52-49)40-21-12-20-39-36-19-8-11-24-43(36)55-46(39)40/h1-29H. The number of benzene rings is 8. The highest BCUT2D eigenvalue weighted by molar-refractivity contribution is 7.26. The van der Waals surface area contributed by atoms with E-state index < -0.39 is 0 Å². The average molecular weight is 720 g/mol. The molecule has 0 fully saturated rings. The molecule has 0 spiro atoms. The summed E-state index contributed by atoms with van der Waals surface area (Å²) in [5, 5.41) is 9.43. The van der Waals surface area contributed by atoms with Gasteiger partial charge in [0, 0.05) is 58.5 Å². The lowest BCUT2D eigenvalue weighted by atomic mass is 10.1. The lowest BCUT2D eigenvalue weighted by Gasteiger charge is -2.13. The Balaban J connectivity index is 1.24. The number of rotatable bonds is 4. The second-order valence-corrected chi connectivity index (χ2v) is 15.1. The maximum Gasteiger partial charge on any atom is 0.238 e. The van der Waals surface area contributed by atoms with Crippen LogP contribution < -0.4 is 0 Å². The van der Waals surface area contributed by atoms with Gasteiger partial charge in [-0.25, -0.2) is 4.98 Å². The van der Waals surface area contributed by atoms with Crippen LogP contribution >= 0.6 is 11.3 Å². The molecule has 0 N–H and O–H groups in total. The van der Waals surface area contributed by atoms with Gasteiger partial charge in [0.05, 0.1) is 22.1 Å². The van der Waals surface area contributed by atoms with Crippen molar-refractivity contribution in [3.63, 3.8) is 0 Å². The summed E-state index contributed by atoms with van der Waals surface area (Å²) in [4.78, 5) is 16.2. The predicted molar refractivity (Wildman–Crippen MR) is 230 cm³/mol. The molecular weight excluding hydrogens is 691 g/mol. The summed E-state index contributed by atoms with van der Waals surface area (Å²) < 4.78 is 7.07. The summed E-state index contributed by atoms with van der Waals surface area (Å²) in [6.45, 7) is 0. The molecule has 0 amide bonds. The van der Waals surface area contributed by atoms with Crippen molar-refractivity contribution >= 4 is 85.9 Å². The number of hydrogen-bond acceptors (Lipinski definition) is 4. The van der Waals surface area contributed by atoms with Gasteiger partial charge in [0.2, 0.25) is 5.95 Å². The van der Waals surface area contributed by atoms with Gasteiger partial charge in [-0.3, -0.25) is 4.57 Å². The zero-order chi connectivity index (χ0) is 36.0. The number of fused-ring (bicyclic) bond motifs is 11. The largest absolute Gasteiger partial charge is 0.307 e. The number of hydrogen-bond donors (Lipinski definition) is 0. The number of aromatic nitrogens is 5. The Morgan fingerprint density at radius 2 is 1.02 bits per heavy atom. The maximum absolute atomic E-state index is 5.46. The Bertz CT molecular complexity index is 3500. The van der Waals surface area contributed by atoms with E-state index in [9.17, 15) is 0 Å². The van der Waals surface area contributed by atoms with Gasteiger partial charge in [-0.1, -0.05) is 133 Å². The molecule has 0 saturated carbocycles. The second kappa shape index (κ2) is 11.7. The van der Waals surface area contributed by atoms with Crippen LogP contribution in [-0.2, 0) is 0 Å². The maximum atomic E-state index is 5.46. The molecule has 12 aromatic rings. The van der Waals surface area contributed by atoms with Crippen molar-refractivity contribution in [2.45, 2.75) is 0 Å². The molecule has 4 aromatic heterocycles. The predicted octanol–water partition coefficient (Wildman–Crippen LogP) is 12.9. The molecule has 0 aliphatic heterocycles. The van der Waals surface area contributed by atoms with E-state index in [-0.39, 0.29) is 0 Å². The zero-order valence-electron chi connectivity index (χ0n) is 29.4. The third-order valence-electron chi connectivity index (χ3n) is 11.0. The van der Waals surface area contributed by atoms with Gasteiger partial charge in [0.25, 0.3) is 0 Å². The van der Waals surface area contributed by atoms with E-state index in [1.807, 2.05) is 0 Å². The van der Waals surface area contributed by atoms with Gasteiger partial charge >= 0.3 is 0 Å². The van der Waals surface area contributed by atoms with Gasteiger partial charge in [-0.2, -0.15) is 9.97 Å². The lowest BCUT2D eigenvalue weighted by Crippen LogP contribution is -2.07. The van der Waals surface area contributed by atoms with Gasteiger partial charge in [-0.15, -0.1) is 11.3 Å². The molecule has 0 saturated heterocycles. The van der Waals surface area contributed by atoms with Crippen LogP contribution in [0.3, 0.4) is 0 Å². The van der Waals surface area contributed by atoms with Crippen molar-refractivity contribution in [1.29, 1.82) is 0 Å². The van der Waals surface area contributed by atoms with Crippen molar-refractivity contribution in [3.8, 4) is 34.4 Å². The van der Waals surface area contributed by atoms with Crippen molar-refractivity contribution in [1.82, 2.24) is 24.1 Å². The molecule has 0 bridgehead atoms. The molecule has 55 heavy (non-hydrogen) atoms. The van der Waals surface area contributed by atoms with Crippen LogP contribution in [0, 0.1) is 0 Å². The summed E-state index contributed by atoms with van der Waals surface area (Å²) in [5.74, 6) is 1.85. The van der Waals surface area contributed by atoms with Crippen LogP contribution in [0.25, 0.3) is 109 Å². The molecule has 256 valence electrons. The normalized spacial score (nSPS) is 12.0. The Kier molecular flexibility index (Phi) is 6.44. The first-order valence-corrected chi connectivity index (χ1v) is 19.3. The van der Waals surface area contributed by atoms with E-state index in [4.69, 9.17) is 15.0 Å². The minimum absolute atomic E-state index is 0.579. The summed E-state index contributed by atoms with van der Waals surface area (Å²) in [6, 6.07) is 62.5. The molecule has 0 radical (unpaired) electrons. The highest BCUT2D eigenvalue weighted by Gasteiger charge is 2.24. The fourth-order valence-electron chi connectivity index (χ4n) is 8.52. The van der Waals surface area contributed by atoms with Crippen LogP contribution in [0.1, 0.15) is 0 Å². The summed E-state index contributed by atoms with van der Waals surface area (Å²) in [6.07, 6.45) is 0. The molecule has 0 atom stereocenters. The van der Waals surface area contributed by atoms with Crippen molar-refractivity contribution in [3.05, 3.63) is 176 Å². The van der Waals surface area contributed by atoms with E-state index >= 15 is 0 Å². The first kappa shape index (κ1) is 30.3. The molecule has 12 rings (SSSR count). The van der Waals surface area contributed by atoms with Crippen LogP contribution in [0.15, 0.2) is 176 Å². The van der Waals surface area contributed by atoms with Gasteiger partial charge in [0.1, 0.15) is 0 Å². The molecule has 4 heterocycles. The molecule has 0 unspecified atom stereocenters. The smallest absolute Gasteiger partial charge is 0.238 e. The number of para-hydroxylation sites is 3. The minimum atomic E-state index is 0.579. The number of nitrogens with zero attached hydrogens (tertiary/aromatic N) is 5. The van der Waals surface area contributed by atoms with E-state index in [1.54, 1.807) is 11.3 Å². The van der Waals surface area contributed by atoms with E-state index in [2.05, 4.69) is 185 Å². The molecule has 0 aliphatic rings. The van der Waals surface area contributed by atoms with Crippen molar-refractivity contribution in [2.24, 2.45) is 0 Å². The topological polar surface area (TPSA) is 48.5 Å². The molecular formula is C49H29N5S. The summed E-state index contributed by atoms with van der Waals surface area (Å²) in [7, 11) is 0. The van der Waals surface area contributed by atoms with Crippen LogP contribution in [0.5, 0.6) is 0 Å². The fraction of sp³-hybridized carbons (Fsp3) is 0. The van der Waals surface area contributed by atoms with E-state index in [0.29, 0.717) is 17.6 Å². The highest BCUT2D eigenvalue weighted by atomic mass is 32.1. The van der Waals surface area contributed by atoms with Gasteiger partial charge in [0.15, 0.2) is 11.6 Å². The summed E-state index contributed by atoms with van der Waals surface area (Å²) in [5.41, 5.74) is 7.39. The monoisotopic (exact) mass is 719 g/mol. The van der Waals surface area contributed by atoms with Crippen molar-refractivity contribution in [2.75, 3.05) is 0 Å². The third kappa shape index (κ3) is 4.49. The molecule has 0 aliphatic carbocycles. The fourth-order valence-corrected chi connectivity index (χ4v) is 9.73. The summed E-state index contributed by atoms with van der Waals surface area (Å²) >= 11 is 1.79. The molecule has 8 aromatic carbocycles. The van der Waals surface area contributed by atoms with E-state index in [0.717, 1.165) is 55.0 Å². The first-order chi connectivity index (χ1) is 27.3. The minimum Gasteiger partial charge on any atom is -0.307 e. The third-order valence-corrected chi connectivity index (χ3v) is 12.2. The van der Waals surface area contributed by atoms with Crippen LogP contribution in [-0.4, -0.2) is 24.1 Å². The van der Waals surface area contributed by atoms with Crippen molar-refractivity contribution < 1.29 is 0 Å². The highest BCUT2D eigenvalue weighted by Crippen LogP contribution is 2.43. The first-order valence-electron chi connectivity index (χ1n) is 18.5. The molecule has 6 heteroatoms. The zero-order valence-corrected chi connectivity index (χ0v) is 30.2. The van der Waals surface area contributed by atoms with Crippen LogP contribution in [0.4, 0.5) is 0 Å².